The van der Waals surface area contributed by atoms with Crippen molar-refractivity contribution in [3.63, 3.8) is 0 Å². The van der Waals surface area contributed by atoms with Crippen molar-refractivity contribution in [1.82, 2.24) is 4.98 Å². The van der Waals surface area contributed by atoms with Crippen LogP contribution in [0.15, 0.2) is 83.3 Å². The maximum atomic E-state index is 13.4. The molecule has 0 bridgehead atoms. The van der Waals surface area contributed by atoms with Gasteiger partial charge in [0.1, 0.15) is 11.7 Å². The Morgan fingerprint density at radius 2 is 1.71 bits per heavy atom. The van der Waals surface area contributed by atoms with E-state index in [4.69, 9.17) is 9.72 Å². The summed E-state index contributed by atoms with van der Waals surface area (Å²) in [4.78, 5) is 33.7. The molecule has 0 spiro atoms. The van der Waals surface area contributed by atoms with E-state index in [9.17, 15) is 9.59 Å². The lowest BCUT2D eigenvalue weighted by Crippen LogP contribution is -2.42. The van der Waals surface area contributed by atoms with Gasteiger partial charge in [-0.25, -0.2) is 4.98 Å². The number of fused-ring (bicyclic) bond motifs is 2. The second-order valence-electron chi connectivity index (χ2n) is 9.37. The summed E-state index contributed by atoms with van der Waals surface area (Å²) in [7, 11) is 0. The molecular weight excluding hydrogens is 540 g/mol. The number of Topliss-reactive ketones (excluding diaryl/α,β-unsaturated/α-hetero) is 1. The summed E-state index contributed by atoms with van der Waals surface area (Å²) in [5.74, 6) is -1.83. The minimum absolute atomic E-state index is 0.192. The van der Waals surface area contributed by atoms with Crippen molar-refractivity contribution in [3.8, 4) is 0 Å². The number of anilines is 1. The highest BCUT2D eigenvalue weighted by Gasteiger charge is 2.43. The van der Waals surface area contributed by atoms with Crippen LogP contribution in [-0.2, 0) is 20.7 Å². The number of esters is 1. The van der Waals surface area contributed by atoms with Crippen molar-refractivity contribution in [1.29, 1.82) is 0 Å². The SMILES string of the molecule is CCOC(=O)C(C(C)=O)C1c2cc3ccccc3nc2C=C(c2ccc(CC)cc2)N1c1ccc(Br)cc1. The number of carbonyl (C=O) groups excluding carboxylic acids is 2. The molecule has 38 heavy (non-hydrogen) atoms. The molecule has 1 aliphatic heterocycles. The number of halogens is 1. The van der Waals surface area contributed by atoms with E-state index in [1.165, 1.54) is 12.5 Å². The van der Waals surface area contributed by atoms with Gasteiger partial charge in [0.2, 0.25) is 0 Å². The molecule has 0 radical (unpaired) electrons. The normalized spacial score (nSPS) is 15.5. The van der Waals surface area contributed by atoms with Crippen molar-refractivity contribution >= 4 is 56.0 Å². The lowest BCUT2D eigenvalue weighted by Gasteiger charge is -2.42. The lowest BCUT2D eigenvalue weighted by atomic mass is 9.83. The van der Waals surface area contributed by atoms with Crippen LogP contribution in [0, 0.1) is 5.92 Å². The summed E-state index contributed by atoms with van der Waals surface area (Å²) in [6.45, 7) is 5.54. The van der Waals surface area contributed by atoms with Crippen molar-refractivity contribution < 1.29 is 14.3 Å². The van der Waals surface area contributed by atoms with Crippen LogP contribution in [-0.4, -0.2) is 23.3 Å². The number of nitrogens with zero attached hydrogens (tertiary/aromatic N) is 2. The van der Waals surface area contributed by atoms with Crippen LogP contribution in [0.5, 0.6) is 0 Å². The van der Waals surface area contributed by atoms with E-state index in [0.717, 1.165) is 50.0 Å². The third kappa shape index (κ3) is 4.88. The summed E-state index contributed by atoms with van der Waals surface area (Å²) >= 11 is 3.54. The molecule has 0 fully saturated rings. The largest absolute Gasteiger partial charge is 0.465 e. The Kier molecular flexibility index (Phi) is 7.43. The summed E-state index contributed by atoms with van der Waals surface area (Å²) < 4.78 is 6.40. The summed E-state index contributed by atoms with van der Waals surface area (Å²) in [6, 6.07) is 25.6. The molecule has 1 aromatic heterocycles. The van der Waals surface area contributed by atoms with Gasteiger partial charge >= 0.3 is 5.97 Å². The molecule has 6 heteroatoms. The molecule has 192 valence electrons. The summed E-state index contributed by atoms with van der Waals surface area (Å²) in [6.07, 6.45) is 2.99. The average molecular weight is 569 g/mol. The molecule has 0 saturated heterocycles. The summed E-state index contributed by atoms with van der Waals surface area (Å²) in [5.41, 5.74) is 6.34. The number of aromatic nitrogens is 1. The second-order valence-corrected chi connectivity index (χ2v) is 10.3. The highest BCUT2D eigenvalue weighted by Crippen LogP contribution is 2.46. The lowest BCUT2D eigenvalue weighted by molar-refractivity contribution is -0.152. The minimum atomic E-state index is -1.04. The van der Waals surface area contributed by atoms with E-state index in [1.807, 2.05) is 48.5 Å². The number of hydrogen-bond donors (Lipinski definition) is 0. The van der Waals surface area contributed by atoms with E-state index in [1.54, 1.807) is 6.92 Å². The third-order valence-corrected chi connectivity index (χ3v) is 7.50. The van der Waals surface area contributed by atoms with Gasteiger partial charge in [0.25, 0.3) is 0 Å². The number of ether oxygens (including phenoxy) is 1. The molecule has 2 unspecified atom stereocenters. The van der Waals surface area contributed by atoms with Gasteiger partial charge in [-0.15, -0.1) is 0 Å². The van der Waals surface area contributed by atoms with Gasteiger partial charge in [-0.05, 0) is 73.9 Å². The van der Waals surface area contributed by atoms with Crippen LogP contribution in [0.25, 0.3) is 22.7 Å². The number of rotatable bonds is 7. The van der Waals surface area contributed by atoms with Crippen LogP contribution >= 0.6 is 15.9 Å². The molecule has 4 aromatic rings. The van der Waals surface area contributed by atoms with Gasteiger partial charge in [-0.3, -0.25) is 9.59 Å². The Hall–Kier alpha value is -3.77. The number of carbonyl (C=O) groups is 2. The second kappa shape index (κ2) is 10.9. The Labute approximate surface area is 231 Å². The van der Waals surface area contributed by atoms with E-state index in [2.05, 4.69) is 64.2 Å². The maximum absolute atomic E-state index is 13.4. The Morgan fingerprint density at radius 3 is 2.37 bits per heavy atom. The van der Waals surface area contributed by atoms with Gasteiger partial charge < -0.3 is 9.64 Å². The third-order valence-electron chi connectivity index (χ3n) is 6.97. The smallest absolute Gasteiger partial charge is 0.318 e. The molecule has 0 aliphatic carbocycles. The number of hydrogen-bond acceptors (Lipinski definition) is 5. The minimum Gasteiger partial charge on any atom is -0.465 e. The quantitative estimate of drug-likeness (QED) is 0.172. The highest BCUT2D eigenvalue weighted by atomic mass is 79.9. The van der Waals surface area contributed by atoms with Crippen molar-refractivity contribution in [2.75, 3.05) is 11.5 Å². The molecule has 2 atom stereocenters. The number of para-hydroxylation sites is 1. The fourth-order valence-electron chi connectivity index (χ4n) is 5.10. The molecular formula is C32H29BrN2O3. The fourth-order valence-corrected chi connectivity index (χ4v) is 5.36. The zero-order valence-corrected chi connectivity index (χ0v) is 23.2. The predicted molar refractivity (Wildman–Crippen MR) is 156 cm³/mol. The molecule has 5 nitrogen and oxygen atoms in total. The van der Waals surface area contributed by atoms with Crippen LogP contribution in [0.4, 0.5) is 5.69 Å². The molecule has 0 amide bonds. The zero-order valence-electron chi connectivity index (χ0n) is 21.6. The Bertz CT molecular complexity index is 1530. The van der Waals surface area contributed by atoms with Gasteiger partial charge in [-0.2, -0.15) is 0 Å². The van der Waals surface area contributed by atoms with E-state index < -0.39 is 17.9 Å². The Morgan fingerprint density at radius 1 is 1.00 bits per heavy atom. The first-order chi connectivity index (χ1) is 18.4. The first-order valence-corrected chi connectivity index (χ1v) is 13.6. The van der Waals surface area contributed by atoms with Crippen LogP contribution in [0.2, 0.25) is 0 Å². The number of benzene rings is 3. The standard InChI is InChI=1S/C32H29BrN2O3/c1-4-21-10-12-22(13-11-21)29-19-28-26(18-23-8-6-7-9-27(23)34-28)31(30(20(3)36)32(37)38-5-2)35(29)25-16-14-24(33)15-17-25/h6-19,30-31H,4-5H2,1-3H3. The average Bonchev–Trinajstić information content (AvgIpc) is 2.92. The first kappa shape index (κ1) is 25.9. The van der Waals surface area contributed by atoms with Crippen LogP contribution in [0.1, 0.15) is 49.2 Å². The molecule has 1 aliphatic rings. The van der Waals surface area contributed by atoms with Gasteiger partial charge in [0.15, 0.2) is 0 Å². The molecule has 0 saturated carbocycles. The number of aryl methyl sites for hydroxylation is 1. The summed E-state index contributed by atoms with van der Waals surface area (Å²) in [5, 5.41) is 0.947. The Balaban J connectivity index is 1.82. The van der Waals surface area contributed by atoms with Crippen molar-refractivity contribution in [3.05, 3.63) is 106 Å². The van der Waals surface area contributed by atoms with Crippen molar-refractivity contribution in [2.45, 2.75) is 33.2 Å². The van der Waals surface area contributed by atoms with E-state index >= 15 is 0 Å². The van der Waals surface area contributed by atoms with E-state index in [-0.39, 0.29) is 12.4 Å². The molecule has 0 N–H and O–H groups in total. The maximum Gasteiger partial charge on any atom is 0.318 e. The first-order valence-electron chi connectivity index (χ1n) is 12.8. The number of ketones is 1. The molecule has 2 heterocycles. The van der Waals surface area contributed by atoms with Gasteiger partial charge in [0.05, 0.1) is 29.6 Å². The zero-order chi connectivity index (χ0) is 26.8. The van der Waals surface area contributed by atoms with Gasteiger partial charge in [0, 0.05) is 21.1 Å². The van der Waals surface area contributed by atoms with Crippen molar-refractivity contribution in [2.24, 2.45) is 5.92 Å². The van der Waals surface area contributed by atoms with Gasteiger partial charge in [-0.1, -0.05) is 65.3 Å². The monoisotopic (exact) mass is 568 g/mol. The highest BCUT2D eigenvalue weighted by molar-refractivity contribution is 9.10. The number of pyridine rings is 1. The fraction of sp³-hybridized carbons (Fsp3) is 0.219. The topological polar surface area (TPSA) is 59.5 Å². The van der Waals surface area contributed by atoms with Crippen LogP contribution in [0.3, 0.4) is 0 Å². The molecule has 5 rings (SSSR count). The van der Waals surface area contributed by atoms with Crippen LogP contribution < -0.4 is 4.90 Å². The van der Waals surface area contributed by atoms with E-state index in [0.29, 0.717) is 0 Å². The predicted octanol–water partition coefficient (Wildman–Crippen LogP) is 7.39. The molecule has 3 aromatic carbocycles.